The highest BCUT2D eigenvalue weighted by molar-refractivity contribution is 7.10. The van der Waals surface area contributed by atoms with Crippen LogP contribution in [0.25, 0.3) is 0 Å². The summed E-state index contributed by atoms with van der Waals surface area (Å²) in [5, 5.41) is 5.71. The Labute approximate surface area is 381 Å². The molecule has 4 unspecified atom stereocenters. The maximum Gasteiger partial charge on any atom is 0.387 e. The van der Waals surface area contributed by atoms with Gasteiger partial charge >= 0.3 is 13.2 Å². The Bertz CT molecular complexity index is 2360. The third kappa shape index (κ3) is 11.3. The van der Waals surface area contributed by atoms with E-state index in [2.05, 4.69) is 29.3 Å². The minimum atomic E-state index is -3.13. The van der Waals surface area contributed by atoms with Gasteiger partial charge in [0, 0.05) is 72.7 Å². The van der Waals surface area contributed by atoms with Crippen LogP contribution in [-0.4, -0.2) is 102 Å². The predicted molar refractivity (Wildman–Crippen MR) is 233 cm³/mol. The first kappa shape index (κ1) is 48.8. The summed E-state index contributed by atoms with van der Waals surface area (Å²) in [6.45, 7) is 9.13. The van der Waals surface area contributed by atoms with Crippen LogP contribution in [0, 0.1) is 0 Å². The van der Waals surface area contributed by atoms with E-state index in [0.29, 0.717) is 22.8 Å². The van der Waals surface area contributed by atoms with Gasteiger partial charge in [-0.05, 0) is 70.0 Å². The molecule has 2 N–H and O–H groups in total. The van der Waals surface area contributed by atoms with Gasteiger partial charge in [0.1, 0.15) is 23.2 Å². The first-order chi connectivity index (χ1) is 30.6. The minimum Gasteiger partial charge on any atom is -0.487 e. The summed E-state index contributed by atoms with van der Waals surface area (Å²) in [7, 11) is 0. The minimum absolute atomic E-state index is 0.0148. The Morgan fingerprint density at radius 3 is 1.58 bits per heavy atom. The molecule has 2 aromatic heterocycles. The molecule has 4 heterocycles. The molecule has 2 aliphatic rings. The Kier molecular flexibility index (Phi) is 15.2. The molecule has 352 valence electrons. The average molecular weight is 949 g/mol. The van der Waals surface area contributed by atoms with E-state index >= 15 is 9.59 Å². The largest absolute Gasteiger partial charge is 0.487 e. The standard InChI is InChI=1S/C43H52F4N8O8S2/c1-20(2)35-48-41(64-52-35)50-37(58)34(54-18-26(16-32(54)56)24-10-12-28(62-39(44)45)30(14-24)60-22(5)6)43(9,38(59)51-42-49-36(21(3)4)53-65-42)55-19-27(17-33(55)57)25-11-13-29(63-40(46)47)31(15-25)61-23(7)8/h10-15,20-23,26-27,34,39-40H,16-19H2,1-9H3,(H,48,50,52,58)(H,49,51,53,59). The lowest BCUT2D eigenvalue weighted by Gasteiger charge is -2.45. The number of benzene rings is 2. The quantitative estimate of drug-likeness (QED) is 0.0861. The number of carbonyl (C=O) groups excluding carboxylic acids is 4. The summed E-state index contributed by atoms with van der Waals surface area (Å²) in [5.41, 5.74) is -1.19. The predicted octanol–water partition coefficient (Wildman–Crippen LogP) is 8.15. The van der Waals surface area contributed by atoms with Crippen LogP contribution in [0.5, 0.6) is 23.0 Å². The smallest absolute Gasteiger partial charge is 0.387 e. The van der Waals surface area contributed by atoms with E-state index in [9.17, 15) is 27.2 Å². The van der Waals surface area contributed by atoms with Gasteiger partial charge in [0.25, 0.3) is 11.8 Å². The van der Waals surface area contributed by atoms with Gasteiger partial charge < -0.3 is 28.7 Å². The fourth-order valence-corrected chi connectivity index (χ4v) is 9.17. The number of halogens is 4. The van der Waals surface area contributed by atoms with E-state index in [4.69, 9.17) is 18.9 Å². The Morgan fingerprint density at radius 1 is 0.677 bits per heavy atom. The second kappa shape index (κ2) is 20.3. The average Bonchev–Trinajstić information content (AvgIpc) is 4.03. The van der Waals surface area contributed by atoms with Gasteiger partial charge in [0.15, 0.2) is 23.0 Å². The van der Waals surface area contributed by atoms with Crippen LogP contribution >= 0.6 is 23.1 Å². The lowest BCUT2D eigenvalue weighted by atomic mass is 9.86. The van der Waals surface area contributed by atoms with E-state index < -0.39 is 72.5 Å². The zero-order valence-electron chi connectivity index (χ0n) is 37.3. The number of rotatable bonds is 19. The number of hydrogen-bond acceptors (Lipinski definition) is 14. The van der Waals surface area contributed by atoms with Gasteiger partial charge in [-0.1, -0.05) is 39.8 Å². The highest BCUT2D eigenvalue weighted by atomic mass is 32.1. The number of alkyl halides is 4. The highest BCUT2D eigenvalue weighted by Crippen LogP contribution is 2.43. The topological polar surface area (TPSA) is 187 Å². The van der Waals surface area contributed by atoms with Gasteiger partial charge in [0.2, 0.25) is 22.1 Å². The van der Waals surface area contributed by atoms with Gasteiger partial charge in [-0.2, -0.15) is 26.3 Å². The number of hydrogen-bond donors (Lipinski definition) is 2. The molecule has 0 bridgehead atoms. The number of aromatic nitrogens is 4. The Balaban J connectivity index is 1.46. The second-order valence-corrected chi connectivity index (χ2v) is 18.6. The van der Waals surface area contributed by atoms with Crippen LogP contribution < -0.4 is 29.6 Å². The SMILES string of the molecule is CC(C)Oc1cc(C2CC(=O)N(C(C(=O)Nc3nc(C(C)C)ns3)C(C)(C(=O)Nc3nc(C(C)C)ns3)N3CC(c4ccc(OC(F)F)c(OC(C)C)c4)CC3=O)C2)ccc1OC(F)F. The van der Waals surface area contributed by atoms with Crippen molar-refractivity contribution in [2.75, 3.05) is 23.7 Å². The zero-order chi connectivity index (χ0) is 47.5. The summed E-state index contributed by atoms with van der Waals surface area (Å²) in [5.74, 6) is -3.85. The molecule has 0 radical (unpaired) electrons. The third-order valence-corrected chi connectivity index (χ3v) is 12.1. The van der Waals surface area contributed by atoms with Crippen molar-refractivity contribution < 1.29 is 55.7 Å². The number of ether oxygens (including phenoxy) is 4. The molecular weight excluding hydrogens is 897 g/mol. The van der Waals surface area contributed by atoms with E-state index in [1.165, 1.54) is 53.1 Å². The lowest BCUT2D eigenvalue weighted by Crippen LogP contribution is -2.70. The van der Waals surface area contributed by atoms with Crippen molar-refractivity contribution in [3.8, 4) is 23.0 Å². The summed E-state index contributed by atoms with van der Waals surface area (Å²) in [6, 6.07) is 6.94. The maximum atomic E-state index is 15.2. The van der Waals surface area contributed by atoms with Crippen molar-refractivity contribution >= 4 is 57.0 Å². The Hall–Kier alpha value is -5.64. The van der Waals surface area contributed by atoms with Gasteiger partial charge in [-0.25, -0.2) is 9.97 Å². The molecule has 0 aliphatic carbocycles. The summed E-state index contributed by atoms with van der Waals surface area (Å²) in [6.07, 6.45) is -1.22. The van der Waals surface area contributed by atoms with Crippen molar-refractivity contribution in [1.29, 1.82) is 0 Å². The molecule has 0 spiro atoms. The lowest BCUT2D eigenvalue weighted by molar-refractivity contribution is -0.153. The molecule has 22 heteroatoms. The number of anilines is 2. The summed E-state index contributed by atoms with van der Waals surface area (Å²) in [4.78, 5) is 70.7. The number of likely N-dealkylation sites (tertiary alicyclic amines) is 2. The van der Waals surface area contributed by atoms with Crippen LogP contribution in [0.15, 0.2) is 36.4 Å². The molecule has 4 aromatic rings. The number of nitrogens with one attached hydrogen (secondary N) is 2. The van der Waals surface area contributed by atoms with Gasteiger partial charge in [0.05, 0.1) is 12.2 Å². The van der Waals surface area contributed by atoms with E-state index in [0.717, 1.165) is 23.1 Å². The third-order valence-electron chi connectivity index (χ3n) is 10.8. The van der Waals surface area contributed by atoms with Crippen LogP contribution in [0.3, 0.4) is 0 Å². The van der Waals surface area contributed by atoms with Crippen molar-refractivity contribution in [2.24, 2.45) is 0 Å². The van der Waals surface area contributed by atoms with E-state index in [-0.39, 0.29) is 71.0 Å². The van der Waals surface area contributed by atoms with Crippen molar-refractivity contribution in [3.05, 3.63) is 59.2 Å². The summed E-state index contributed by atoms with van der Waals surface area (Å²) < 4.78 is 83.2. The van der Waals surface area contributed by atoms with Crippen molar-refractivity contribution in [3.63, 3.8) is 0 Å². The fraction of sp³-hybridized carbons (Fsp3) is 0.535. The maximum absolute atomic E-state index is 15.2. The molecule has 2 aromatic carbocycles. The molecular formula is C43H52F4N8O8S2. The van der Waals surface area contributed by atoms with Crippen molar-refractivity contribution in [2.45, 2.75) is 136 Å². The Morgan fingerprint density at radius 2 is 1.14 bits per heavy atom. The number of amides is 4. The molecule has 4 atom stereocenters. The molecule has 6 rings (SSSR count). The molecule has 2 saturated heterocycles. The summed E-state index contributed by atoms with van der Waals surface area (Å²) >= 11 is 1.80. The first-order valence-electron chi connectivity index (χ1n) is 21.0. The van der Waals surface area contributed by atoms with Gasteiger partial charge in [-0.15, -0.1) is 0 Å². The van der Waals surface area contributed by atoms with Gasteiger partial charge in [-0.3, -0.25) is 29.8 Å². The monoisotopic (exact) mass is 948 g/mol. The molecule has 4 amide bonds. The van der Waals surface area contributed by atoms with Crippen molar-refractivity contribution in [1.82, 2.24) is 28.5 Å². The molecule has 16 nitrogen and oxygen atoms in total. The number of carbonyl (C=O) groups is 4. The van der Waals surface area contributed by atoms with E-state index in [1.807, 2.05) is 27.7 Å². The molecule has 0 saturated carbocycles. The second-order valence-electron chi connectivity index (χ2n) is 17.1. The first-order valence-corrected chi connectivity index (χ1v) is 22.6. The van der Waals surface area contributed by atoms with Crippen LogP contribution in [0.1, 0.15) is 122 Å². The molecule has 2 fully saturated rings. The normalized spacial score (nSPS) is 18.1. The molecule has 2 aliphatic heterocycles. The van der Waals surface area contributed by atoms with Crippen LogP contribution in [-0.2, 0) is 19.2 Å². The zero-order valence-corrected chi connectivity index (χ0v) is 38.9. The molecule has 65 heavy (non-hydrogen) atoms. The fourth-order valence-electron chi connectivity index (χ4n) is 7.75. The van der Waals surface area contributed by atoms with Crippen LogP contribution in [0.4, 0.5) is 27.8 Å². The van der Waals surface area contributed by atoms with Crippen LogP contribution in [0.2, 0.25) is 0 Å². The highest BCUT2D eigenvalue weighted by Gasteiger charge is 2.59. The number of nitrogens with zero attached hydrogens (tertiary/aromatic N) is 6. The van der Waals surface area contributed by atoms with E-state index in [1.54, 1.807) is 27.7 Å².